The number of rotatable bonds is 2. The van der Waals surface area contributed by atoms with Crippen molar-refractivity contribution in [3.05, 3.63) is 64.9 Å². The number of amides is 1. The van der Waals surface area contributed by atoms with E-state index in [0.717, 1.165) is 16.8 Å². The number of nitrogens with zero attached hydrogens (tertiary/aromatic N) is 2. The molecule has 1 amide bonds. The third-order valence-corrected chi connectivity index (χ3v) is 4.61. The minimum atomic E-state index is -4.63. The predicted molar refractivity (Wildman–Crippen MR) is 90.2 cm³/mol. The summed E-state index contributed by atoms with van der Waals surface area (Å²) in [5.41, 5.74) is 0.374. The van der Waals surface area contributed by atoms with Crippen LogP contribution < -0.4 is 5.32 Å². The van der Waals surface area contributed by atoms with E-state index in [1.807, 2.05) is 0 Å². The molecule has 0 spiro atoms. The fourth-order valence-electron chi connectivity index (χ4n) is 3.29. The number of carbonyl (C=O) groups is 1. The van der Waals surface area contributed by atoms with Crippen molar-refractivity contribution in [3.63, 3.8) is 0 Å². The van der Waals surface area contributed by atoms with Crippen molar-refractivity contribution in [3.8, 4) is 22.4 Å². The predicted octanol–water partition coefficient (Wildman–Crippen LogP) is 4.29. The van der Waals surface area contributed by atoms with E-state index in [-0.39, 0.29) is 28.9 Å². The van der Waals surface area contributed by atoms with Crippen LogP contribution in [0.2, 0.25) is 0 Å². The molecule has 1 aliphatic heterocycles. The Kier molecular flexibility index (Phi) is 3.99. The van der Waals surface area contributed by atoms with Crippen molar-refractivity contribution in [2.24, 2.45) is 7.05 Å². The Labute approximate surface area is 155 Å². The van der Waals surface area contributed by atoms with Crippen LogP contribution in [-0.4, -0.2) is 15.7 Å². The summed E-state index contributed by atoms with van der Waals surface area (Å²) in [5, 5.41) is 6.11. The summed E-state index contributed by atoms with van der Waals surface area (Å²) < 4.78 is 67.7. The molecule has 0 saturated heterocycles. The van der Waals surface area contributed by atoms with Gasteiger partial charge in [-0.25, -0.2) is 8.78 Å². The summed E-state index contributed by atoms with van der Waals surface area (Å²) in [5.74, 6) is -2.02. The molecule has 0 atom stereocenters. The van der Waals surface area contributed by atoms with Gasteiger partial charge >= 0.3 is 6.18 Å². The largest absolute Gasteiger partial charge is 0.435 e. The maximum Gasteiger partial charge on any atom is 0.435 e. The highest BCUT2D eigenvalue weighted by Crippen LogP contribution is 2.37. The fourth-order valence-corrected chi connectivity index (χ4v) is 3.29. The standard InChI is InChI=1S/C19H12F5N3O/c1-27-16(7-17(26-27)19(22,23)24)12-4-9(5-13-14(12)8-25-18(13)28)11-3-2-10(20)6-15(11)21/h2-7H,8H2,1H3,(H,25,28). The smallest absolute Gasteiger partial charge is 0.348 e. The minimum absolute atomic E-state index is 0.0309. The van der Waals surface area contributed by atoms with Gasteiger partial charge in [-0.05, 0) is 41.5 Å². The third kappa shape index (κ3) is 2.92. The zero-order valence-electron chi connectivity index (χ0n) is 14.4. The third-order valence-electron chi connectivity index (χ3n) is 4.61. The second kappa shape index (κ2) is 6.15. The zero-order chi connectivity index (χ0) is 20.2. The number of hydrogen-bond acceptors (Lipinski definition) is 2. The van der Waals surface area contributed by atoms with Crippen LogP contribution in [0.1, 0.15) is 21.6 Å². The van der Waals surface area contributed by atoms with E-state index in [4.69, 9.17) is 0 Å². The average Bonchev–Trinajstić information content (AvgIpc) is 3.17. The van der Waals surface area contributed by atoms with E-state index in [2.05, 4.69) is 10.4 Å². The number of aromatic nitrogens is 2. The van der Waals surface area contributed by atoms with Crippen LogP contribution in [0.4, 0.5) is 22.0 Å². The summed E-state index contributed by atoms with van der Waals surface area (Å²) in [6.07, 6.45) is -4.63. The number of halogens is 5. The number of carbonyl (C=O) groups excluding carboxylic acids is 1. The van der Waals surface area contributed by atoms with Gasteiger partial charge in [0.15, 0.2) is 5.69 Å². The lowest BCUT2D eigenvalue weighted by Gasteiger charge is -2.12. The molecule has 1 aliphatic rings. The number of hydrogen-bond donors (Lipinski definition) is 1. The molecule has 2 aromatic carbocycles. The maximum atomic E-state index is 14.3. The Bertz CT molecular complexity index is 1120. The molecule has 144 valence electrons. The van der Waals surface area contributed by atoms with Crippen LogP contribution in [0.5, 0.6) is 0 Å². The van der Waals surface area contributed by atoms with E-state index < -0.39 is 29.4 Å². The van der Waals surface area contributed by atoms with Gasteiger partial charge in [0.25, 0.3) is 5.91 Å². The van der Waals surface area contributed by atoms with Crippen LogP contribution in [0.25, 0.3) is 22.4 Å². The number of benzene rings is 2. The highest BCUT2D eigenvalue weighted by Gasteiger charge is 2.35. The second-order valence-electron chi connectivity index (χ2n) is 6.39. The van der Waals surface area contributed by atoms with Gasteiger partial charge in [-0.2, -0.15) is 18.3 Å². The summed E-state index contributed by atoms with van der Waals surface area (Å²) in [7, 11) is 1.35. The monoisotopic (exact) mass is 393 g/mol. The van der Waals surface area contributed by atoms with Gasteiger partial charge in [0.05, 0.1) is 5.69 Å². The van der Waals surface area contributed by atoms with Crippen molar-refractivity contribution < 1.29 is 26.7 Å². The van der Waals surface area contributed by atoms with Crippen LogP contribution in [0.15, 0.2) is 36.4 Å². The van der Waals surface area contributed by atoms with Crippen LogP contribution in [0.3, 0.4) is 0 Å². The van der Waals surface area contributed by atoms with Crippen molar-refractivity contribution in [1.82, 2.24) is 15.1 Å². The van der Waals surface area contributed by atoms with Gasteiger partial charge in [0, 0.05) is 36.3 Å². The molecule has 0 saturated carbocycles. The van der Waals surface area contributed by atoms with Gasteiger partial charge in [0.2, 0.25) is 0 Å². The summed E-state index contributed by atoms with van der Waals surface area (Å²) in [4.78, 5) is 12.2. The van der Waals surface area contributed by atoms with Gasteiger partial charge in [-0.1, -0.05) is 0 Å². The SMILES string of the molecule is Cn1nc(C(F)(F)F)cc1-c1cc(-c2ccc(F)cc2F)cc2c1CNC2=O. The van der Waals surface area contributed by atoms with Crippen LogP contribution in [0, 0.1) is 11.6 Å². The zero-order valence-corrected chi connectivity index (χ0v) is 14.4. The van der Waals surface area contributed by atoms with E-state index >= 15 is 0 Å². The normalized spacial score (nSPS) is 13.6. The van der Waals surface area contributed by atoms with E-state index in [9.17, 15) is 26.7 Å². The van der Waals surface area contributed by atoms with Crippen molar-refractivity contribution >= 4 is 5.91 Å². The summed E-state index contributed by atoms with van der Waals surface area (Å²) >= 11 is 0. The molecule has 4 rings (SSSR count). The van der Waals surface area contributed by atoms with E-state index in [1.54, 1.807) is 0 Å². The summed E-state index contributed by atoms with van der Waals surface area (Å²) in [6, 6.07) is 6.78. The van der Waals surface area contributed by atoms with Gasteiger partial charge in [-0.15, -0.1) is 0 Å². The second-order valence-corrected chi connectivity index (χ2v) is 6.39. The van der Waals surface area contributed by atoms with Gasteiger partial charge in [0.1, 0.15) is 11.6 Å². The molecule has 0 bridgehead atoms. The Morgan fingerprint density at radius 2 is 1.75 bits per heavy atom. The van der Waals surface area contributed by atoms with Crippen LogP contribution >= 0.6 is 0 Å². The lowest BCUT2D eigenvalue weighted by molar-refractivity contribution is -0.141. The topological polar surface area (TPSA) is 46.9 Å². The first kappa shape index (κ1) is 18.1. The Balaban J connectivity index is 1.96. The van der Waals surface area contributed by atoms with Gasteiger partial charge in [-0.3, -0.25) is 9.48 Å². The number of fused-ring (bicyclic) bond motifs is 1. The molecular formula is C19H12F5N3O. The number of aryl methyl sites for hydroxylation is 1. The molecule has 0 unspecified atom stereocenters. The molecule has 0 fully saturated rings. The molecular weight excluding hydrogens is 381 g/mol. The van der Waals surface area contributed by atoms with Crippen molar-refractivity contribution in [1.29, 1.82) is 0 Å². The fraction of sp³-hybridized carbons (Fsp3) is 0.158. The average molecular weight is 393 g/mol. The molecule has 0 aliphatic carbocycles. The molecule has 9 heteroatoms. The highest BCUT2D eigenvalue weighted by atomic mass is 19.4. The molecule has 3 aromatic rings. The first-order chi connectivity index (χ1) is 13.1. The van der Waals surface area contributed by atoms with E-state index in [0.29, 0.717) is 17.2 Å². The number of nitrogens with one attached hydrogen (secondary N) is 1. The molecule has 4 nitrogen and oxygen atoms in total. The first-order valence-corrected chi connectivity index (χ1v) is 8.17. The molecule has 1 N–H and O–H groups in total. The molecule has 0 radical (unpaired) electrons. The summed E-state index contributed by atoms with van der Waals surface area (Å²) in [6.45, 7) is 0.127. The van der Waals surface area contributed by atoms with Gasteiger partial charge < -0.3 is 5.32 Å². The lowest BCUT2D eigenvalue weighted by atomic mass is 9.93. The Morgan fingerprint density at radius 1 is 1.04 bits per heavy atom. The molecule has 1 aromatic heterocycles. The highest BCUT2D eigenvalue weighted by molar-refractivity contribution is 6.02. The minimum Gasteiger partial charge on any atom is -0.348 e. The molecule has 28 heavy (non-hydrogen) atoms. The van der Waals surface area contributed by atoms with Crippen molar-refractivity contribution in [2.45, 2.75) is 12.7 Å². The Hall–Kier alpha value is -3.23. The van der Waals surface area contributed by atoms with Crippen LogP contribution in [-0.2, 0) is 19.8 Å². The van der Waals surface area contributed by atoms with Crippen molar-refractivity contribution in [2.75, 3.05) is 0 Å². The van der Waals surface area contributed by atoms with E-state index in [1.165, 1.54) is 25.2 Å². The quantitative estimate of drug-likeness (QED) is 0.660. The lowest BCUT2D eigenvalue weighted by Crippen LogP contribution is -2.12. The maximum absolute atomic E-state index is 14.3. The number of alkyl halides is 3. The first-order valence-electron chi connectivity index (χ1n) is 8.17. The Morgan fingerprint density at radius 3 is 2.39 bits per heavy atom. The molecule has 2 heterocycles.